The van der Waals surface area contributed by atoms with Crippen molar-refractivity contribution in [3.63, 3.8) is 0 Å². The fraction of sp³-hybridized carbons (Fsp3) is 0.333. The first-order chi connectivity index (χ1) is 12.7. The quantitative estimate of drug-likeness (QED) is 0.885. The summed E-state index contributed by atoms with van der Waals surface area (Å²) in [6.07, 6.45) is 5.50. The van der Waals surface area contributed by atoms with Gasteiger partial charge in [-0.2, -0.15) is 0 Å². The van der Waals surface area contributed by atoms with Gasteiger partial charge in [-0.1, -0.05) is 67.8 Å². The van der Waals surface area contributed by atoms with Crippen molar-refractivity contribution in [1.82, 2.24) is 5.32 Å². The minimum Gasteiger partial charge on any atom is -0.360 e. The van der Waals surface area contributed by atoms with Crippen LogP contribution >= 0.6 is 0 Å². The highest BCUT2D eigenvalue weighted by Crippen LogP contribution is 2.36. The van der Waals surface area contributed by atoms with E-state index in [0.29, 0.717) is 17.1 Å². The van der Waals surface area contributed by atoms with Crippen molar-refractivity contribution in [3.05, 3.63) is 66.2 Å². The number of amidine groups is 1. The van der Waals surface area contributed by atoms with Crippen LogP contribution in [-0.4, -0.2) is 23.0 Å². The zero-order valence-electron chi connectivity index (χ0n) is 14.6. The Morgan fingerprint density at radius 2 is 1.58 bits per heavy atom. The summed E-state index contributed by atoms with van der Waals surface area (Å²) in [6, 6.07) is 18.3. The molecule has 2 amide bonds. The number of para-hydroxylation sites is 1. The van der Waals surface area contributed by atoms with Gasteiger partial charge in [0, 0.05) is 11.3 Å². The van der Waals surface area contributed by atoms with Crippen LogP contribution in [0.25, 0.3) is 0 Å². The molecule has 2 fully saturated rings. The lowest BCUT2D eigenvalue weighted by molar-refractivity contribution is 0.120. The van der Waals surface area contributed by atoms with Crippen LogP contribution in [0.2, 0.25) is 0 Å². The van der Waals surface area contributed by atoms with Crippen LogP contribution in [0, 0.1) is 0 Å². The Kier molecular flexibility index (Phi) is 4.47. The summed E-state index contributed by atoms with van der Waals surface area (Å²) in [6.45, 7) is 0. The molecule has 1 aliphatic carbocycles. The van der Waals surface area contributed by atoms with Crippen LogP contribution in [0.15, 0.2) is 65.7 Å². The van der Waals surface area contributed by atoms with E-state index in [2.05, 4.69) is 5.32 Å². The SMILES string of the molecule is O=C1NC(=NC2CCCCC2)[C@](O)(c2ccccc2)N1c1ccccc1. The highest BCUT2D eigenvalue weighted by atomic mass is 16.3. The van der Waals surface area contributed by atoms with E-state index in [1.807, 2.05) is 60.7 Å². The summed E-state index contributed by atoms with van der Waals surface area (Å²) in [4.78, 5) is 19.0. The number of nitrogens with one attached hydrogen (secondary N) is 1. The largest absolute Gasteiger partial charge is 0.360 e. The number of hydrogen-bond donors (Lipinski definition) is 2. The molecule has 134 valence electrons. The van der Waals surface area contributed by atoms with Crippen LogP contribution < -0.4 is 10.2 Å². The van der Waals surface area contributed by atoms with E-state index in [1.54, 1.807) is 0 Å². The number of benzene rings is 2. The molecule has 5 heteroatoms. The van der Waals surface area contributed by atoms with Crippen molar-refractivity contribution in [2.75, 3.05) is 4.90 Å². The Bertz CT molecular complexity index is 801. The first-order valence-electron chi connectivity index (χ1n) is 9.22. The zero-order valence-corrected chi connectivity index (χ0v) is 14.6. The number of nitrogens with zero attached hydrogens (tertiary/aromatic N) is 2. The Morgan fingerprint density at radius 1 is 0.962 bits per heavy atom. The van der Waals surface area contributed by atoms with Gasteiger partial charge in [-0.05, 0) is 25.0 Å². The van der Waals surface area contributed by atoms with E-state index in [4.69, 9.17) is 4.99 Å². The number of anilines is 1. The molecule has 0 spiro atoms. The monoisotopic (exact) mass is 349 g/mol. The molecule has 0 bridgehead atoms. The molecule has 0 aromatic heterocycles. The van der Waals surface area contributed by atoms with Crippen LogP contribution in [-0.2, 0) is 5.72 Å². The summed E-state index contributed by atoms with van der Waals surface area (Å²) in [5.41, 5.74) is -0.376. The minimum absolute atomic E-state index is 0.144. The lowest BCUT2D eigenvalue weighted by Crippen LogP contribution is -2.47. The second-order valence-corrected chi connectivity index (χ2v) is 6.91. The van der Waals surface area contributed by atoms with E-state index in [-0.39, 0.29) is 12.1 Å². The smallest absolute Gasteiger partial charge is 0.330 e. The maximum Gasteiger partial charge on any atom is 0.330 e. The molecule has 2 aromatic carbocycles. The molecule has 0 radical (unpaired) electrons. The molecule has 2 N–H and O–H groups in total. The summed E-state index contributed by atoms with van der Waals surface area (Å²) in [5.74, 6) is 0.324. The third-order valence-electron chi connectivity index (χ3n) is 5.16. The number of aliphatic hydroxyl groups is 1. The van der Waals surface area contributed by atoms with Gasteiger partial charge in [0.25, 0.3) is 0 Å². The molecule has 26 heavy (non-hydrogen) atoms. The number of urea groups is 1. The van der Waals surface area contributed by atoms with Gasteiger partial charge in [0.05, 0.1) is 6.04 Å². The number of hydrogen-bond acceptors (Lipinski definition) is 3. The van der Waals surface area contributed by atoms with E-state index in [0.717, 1.165) is 25.7 Å². The third-order valence-corrected chi connectivity index (χ3v) is 5.16. The van der Waals surface area contributed by atoms with Crippen LogP contribution in [0.5, 0.6) is 0 Å². The number of aliphatic imine (C=N–C) groups is 1. The predicted molar refractivity (Wildman–Crippen MR) is 102 cm³/mol. The fourth-order valence-electron chi connectivity index (χ4n) is 3.83. The molecule has 1 atom stereocenters. The molecule has 1 aliphatic heterocycles. The van der Waals surface area contributed by atoms with Gasteiger partial charge in [-0.25, -0.2) is 4.79 Å². The first kappa shape index (κ1) is 16.8. The molecule has 4 rings (SSSR count). The van der Waals surface area contributed by atoms with Crippen LogP contribution in [0.3, 0.4) is 0 Å². The van der Waals surface area contributed by atoms with E-state index < -0.39 is 5.72 Å². The number of rotatable bonds is 3. The van der Waals surface area contributed by atoms with Gasteiger partial charge in [-0.3, -0.25) is 15.2 Å². The van der Waals surface area contributed by atoms with Crippen molar-refractivity contribution in [1.29, 1.82) is 0 Å². The second-order valence-electron chi connectivity index (χ2n) is 6.91. The molecule has 2 aromatic rings. The molecule has 1 heterocycles. The first-order valence-corrected chi connectivity index (χ1v) is 9.22. The standard InChI is InChI=1S/C21H23N3O2/c25-20-23-19(22-17-12-6-2-7-13-17)21(26,16-10-4-1-5-11-16)24(20)18-14-8-3-9-15-18/h1,3-5,8-11,14-15,17,26H,2,6-7,12-13H2,(H,22,23,25)/t21-/m1/s1. The summed E-state index contributed by atoms with van der Waals surface area (Å²) >= 11 is 0. The summed E-state index contributed by atoms with van der Waals surface area (Å²) < 4.78 is 0. The summed E-state index contributed by atoms with van der Waals surface area (Å²) in [5, 5.41) is 14.6. The van der Waals surface area contributed by atoms with Crippen molar-refractivity contribution < 1.29 is 9.90 Å². The lowest BCUT2D eigenvalue weighted by atomic mass is 9.95. The maximum absolute atomic E-state index is 12.8. The molecule has 1 saturated heterocycles. The van der Waals surface area contributed by atoms with Crippen LogP contribution in [0.4, 0.5) is 10.5 Å². The Labute approximate surface area is 153 Å². The van der Waals surface area contributed by atoms with Crippen molar-refractivity contribution in [2.24, 2.45) is 4.99 Å². The Hall–Kier alpha value is -2.66. The average molecular weight is 349 g/mol. The maximum atomic E-state index is 12.8. The highest BCUT2D eigenvalue weighted by Gasteiger charge is 2.52. The number of amides is 2. The molecular weight excluding hydrogens is 326 g/mol. The molecule has 0 unspecified atom stereocenters. The van der Waals surface area contributed by atoms with Gasteiger partial charge >= 0.3 is 6.03 Å². The molecule has 2 aliphatic rings. The molecule has 5 nitrogen and oxygen atoms in total. The zero-order chi connectivity index (χ0) is 18.0. The van der Waals surface area contributed by atoms with E-state index in [9.17, 15) is 9.90 Å². The Morgan fingerprint density at radius 3 is 2.23 bits per heavy atom. The summed E-state index contributed by atoms with van der Waals surface area (Å²) in [7, 11) is 0. The van der Waals surface area contributed by atoms with Crippen molar-refractivity contribution in [2.45, 2.75) is 43.9 Å². The number of carbonyl (C=O) groups is 1. The van der Waals surface area contributed by atoms with Crippen molar-refractivity contribution in [3.8, 4) is 0 Å². The molecule has 1 saturated carbocycles. The fourth-order valence-corrected chi connectivity index (χ4v) is 3.83. The highest BCUT2D eigenvalue weighted by molar-refractivity contribution is 6.18. The normalized spacial score (nSPS) is 25.5. The Balaban J connectivity index is 1.82. The van der Waals surface area contributed by atoms with Gasteiger partial charge in [0.2, 0.25) is 5.72 Å². The van der Waals surface area contributed by atoms with Crippen molar-refractivity contribution >= 4 is 17.6 Å². The van der Waals surface area contributed by atoms with E-state index in [1.165, 1.54) is 11.3 Å². The molecular formula is C21H23N3O2. The average Bonchev–Trinajstić information content (AvgIpc) is 2.95. The predicted octanol–water partition coefficient (Wildman–Crippen LogP) is 3.79. The minimum atomic E-state index is -1.63. The van der Waals surface area contributed by atoms with Gasteiger partial charge in [0.1, 0.15) is 0 Å². The van der Waals surface area contributed by atoms with Gasteiger partial charge < -0.3 is 5.11 Å². The lowest BCUT2D eigenvalue weighted by Gasteiger charge is -2.33. The second kappa shape index (κ2) is 6.92. The van der Waals surface area contributed by atoms with Gasteiger partial charge in [0.15, 0.2) is 5.84 Å². The van der Waals surface area contributed by atoms with Gasteiger partial charge in [-0.15, -0.1) is 0 Å². The van der Waals surface area contributed by atoms with Crippen LogP contribution in [0.1, 0.15) is 37.7 Å². The number of carbonyl (C=O) groups excluding carboxylic acids is 1. The van der Waals surface area contributed by atoms with E-state index >= 15 is 0 Å². The topological polar surface area (TPSA) is 64.9 Å². The third kappa shape index (κ3) is 2.88.